The summed E-state index contributed by atoms with van der Waals surface area (Å²) >= 11 is 5.03. The number of hydrogen-bond donors (Lipinski definition) is 1. The molecule has 1 rings (SSSR count). The van der Waals surface area contributed by atoms with Crippen LogP contribution in [0.3, 0.4) is 0 Å². The molecule has 0 atom stereocenters. The van der Waals surface area contributed by atoms with Gasteiger partial charge in [-0.2, -0.15) is 0 Å². The first-order chi connectivity index (χ1) is 12.6. The number of carbonyl (C=O) groups is 2. The highest BCUT2D eigenvalue weighted by molar-refractivity contribution is 7.80. The van der Waals surface area contributed by atoms with Gasteiger partial charge in [-0.1, -0.05) is 56.9 Å². The quantitative estimate of drug-likeness (QED) is 0.165. The van der Waals surface area contributed by atoms with Crippen molar-refractivity contribution in [2.75, 3.05) is 6.54 Å². The third kappa shape index (κ3) is 8.09. The van der Waals surface area contributed by atoms with E-state index in [0.717, 1.165) is 32.1 Å². The second-order valence-electron chi connectivity index (χ2n) is 6.54. The Kier molecular flexibility index (Phi) is 11.5. The van der Waals surface area contributed by atoms with Gasteiger partial charge in [-0.25, -0.2) is 0 Å². The highest BCUT2D eigenvalue weighted by Gasteiger charge is 2.32. The molecular formula is C21H32N2O2S. The molecule has 2 amide bonds. The Labute approximate surface area is 163 Å². The van der Waals surface area contributed by atoms with E-state index in [1.807, 2.05) is 0 Å². The summed E-state index contributed by atoms with van der Waals surface area (Å²) in [5.41, 5.74) is 0.187. The molecule has 4 nitrogen and oxygen atoms in total. The molecular weight excluding hydrogens is 344 g/mol. The van der Waals surface area contributed by atoms with E-state index >= 15 is 0 Å². The van der Waals surface area contributed by atoms with Crippen LogP contribution in [0.15, 0.2) is 36.5 Å². The molecule has 0 saturated carbocycles. The molecule has 0 aliphatic carbocycles. The van der Waals surface area contributed by atoms with Crippen molar-refractivity contribution in [1.82, 2.24) is 10.2 Å². The number of carbonyl (C=O) groups excluding carboxylic acids is 2. The standard InChI is InChI=1S/C21H32N2O2S/c1-3-5-6-7-8-9-10-11-12-13-14-15-16-18-19(24)22-21(26)23(17-4-2)20(18)25/h4,9-10,16H,2-3,5-8,11-15,17H2,1H3,(H,22,24,26)/b10-9+,18-16+. The molecule has 0 radical (unpaired) electrons. The van der Waals surface area contributed by atoms with Crippen molar-refractivity contribution >= 4 is 29.1 Å². The van der Waals surface area contributed by atoms with Crippen LogP contribution in [-0.4, -0.2) is 28.4 Å². The lowest BCUT2D eigenvalue weighted by Crippen LogP contribution is -2.53. The Hall–Kier alpha value is -1.75. The van der Waals surface area contributed by atoms with Crippen molar-refractivity contribution in [2.24, 2.45) is 0 Å². The van der Waals surface area contributed by atoms with Crippen molar-refractivity contribution in [3.8, 4) is 0 Å². The van der Waals surface area contributed by atoms with Crippen LogP contribution in [0, 0.1) is 0 Å². The van der Waals surface area contributed by atoms with Crippen molar-refractivity contribution in [1.29, 1.82) is 0 Å². The van der Waals surface area contributed by atoms with Crippen LogP contribution in [0.25, 0.3) is 0 Å². The smallest absolute Gasteiger partial charge is 0.265 e. The molecule has 0 spiro atoms. The fraction of sp³-hybridized carbons (Fsp3) is 0.571. The molecule has 0 bridgehead atoms. The van der Waals surface area contributed by atoms with Gasteiger partial charge < -0.3 is 0 Å². The SMILES string of the molecule is C=CCN1C(=O)/C(=C/CCCCC/C=C/CCCCCC)C(=O)NC1=S. The summed E-state index contributed by atoms with van der Waals surface area (Å²) in [4.78, 5) is 25.6. The van der Waals surface area contributed by atoms with Gasteiger partial charge >= 0.3 is 0 Å². The fourth-order valence-electron chi connectivity index (χ4n) is 2.80. The Morgan fingerprint density at radius 2 is 1.62 bits per heavy atom. The lowest BCUT2D eigenvalue weighted by atomic mass is 10.1. The summed E-state index contributed by atoms with van der Waals surface area (Å²) in [6.45, 7) is 6.15. The van der Waals surface area contributed by atoms with Crippen LogP contribution in [0.2, 0.25) is 0 Å². The Bertz CT molecular complexity index is 552. The summed E-state index contributed by atoms with van der Waals surface area (Å²) in [5.74, 6) is -0.726. The largest absolute Gasteiger partial charge is 0.298 e. The van der Waals surface area contributed by atoms with Crippen molar-refractivity contribution < 1.29 is 9.59 Å². The molecule has 0 aromatic carbocycles. The van der Waals surface area contributed by atoms with Gasteiger partial charge in [-0.05, 0) is 50.7 Å². The maximum Gasteiger partial charge on any atom is 0.265 e. The lowest BCUT2D eigenvalue weighted by molar-refractivity contribution is -0.128. The first-order valence-corrected chi connectivity index (χ1v) is 10.2. The predicted octanol–water partition coefficient (Wildman–Crippen LogP) is 4.82. The third-order valence-electron chi connectivity index (χ3n) is 4.31. The molecule has 1 aliphatic heterocycles. The zero-order valence-corrected chi connectivity index (χ0v) is 16.8. The minimum atomic E-state index is -0.397. The van der Waals surface area contributed by atoms with Crippen molar-refractivity contribution in [3.63, 3.8) is 0 Å². The van der Waals surface area contributed by atoms with Gasteiger partial charge in [0.05, 0.1) is 0 Å². The van der Waals surface area contributed by atoms with E-state index in [1.54, 1.807) is 12.2 Å². The number of thiocarbonyl (C=S) groups is 1. The number of unbranched alkanes of at least 4 members (excludes halogenated alkanes) is 8. The Morgan fingerprint density at radius 1 is 1.00 bits per heavy atom. The molecule has 0 unspecified atom stereocenters. The first-order valence-electron chi connectivity index (χ1n) is 9.75. The van der Waals surface area contributed by atoms with E-state index in [1.165, 1.54) is 37.0 Å². The molecule has 1 N–H and O–H groups in total. The minimum absolute atomic E-state index is 0.151. The van der Waals surface area contributed by atoms with Crippen LogP contribution in [0.4, 0.5) is 0 Å². The van der Waals surface area contributed by atoms with Gasteiger partial charge in [-0.15, -0.1) is 6.58 Å². The maximum atomic E-state index is 12.3. The number of rotatable bonds is 13. The van der Waals surface area contributed by atoms with Crippen LogP contribution in [0.5, 0.6) is 0 Å². The zero-order chi connectivity index (χ0) is 19.2. The van der Waals surface area contributed by atoms with E-state index < -0.39 is 5.91 Å². The van der Waals surface area contributed by atoms with Crippen LogP contribution < -0.4 is 5.32 Å². The number of allylic oxidation sites excluding steroid dienone is 3. The summed E-state index contributed by atoms with van der Waals surface area (Å²) in [6, 6.07) is 0. The van der Waals surface area contributed by atoms with E-state index in [4.69, 9.17) is 12.2 Å². The molecule has 0 aromatic heterocycles. The highest BCUT2D eigenvalue weighted by atomic mass is 32.1. The lowest BCUT2D eigenvalue weighted by Gasteiger charge is -2.27. The topological polar surface area (TPSA) is 49.4 Å². The predicted molar refractivity (Wildman–Crippen MR) is 112 cm³/mol. The van der Waals surface area contributed by atoms with Gasteiger partial charge in [0.2, 0.25) is 0 Å². The number of hydrogen-bond acceptors (Lipinski definition) is 3. The van der Waals surface area contributed by atoms with Gasteiger partial charge in [0.15, 0.2) is 5.11 Å². The summed E-state index contributed by atoms with van der Waals surface area (Å²) < 4.78 is 0. The minimum Gasteiger partial charge on any atom is -0.298 e. The third-order valence-corrected chi connectivity index (χ3v) is 4.63. The second kappa shape index (κ2) is 13.5. The second-order valence-corrected chi connectivity index (χ2v) is 6.93. The monoisotopic (exact) mass is 376 g/mol. The zero-order valence-electron chi connectivity index (χ0n) is 16.0. The van der Waals surface area contributed by atoms with E-state index in [9.17, 15) is 9.59 Å². The molecule has 26 heavy (non-hydrogen) atoms. The van der Waals surface area contributed by atoms with Crippen LogP contribution in [0.1, 0.15) is 71.1 Å². The van der Waals surface area contributed by atoms with Crippen molar-refractivity contribution in [3.05, 3.63) is 36.5 Å². The normalized spacial score (nSPS) is 16.6. The molecule has 1 saturated heterocycles. The number of amides is 2. The van der Waals surface area contributed by atoms with Gasteiger partial charge in [-0.3, -0.25) is 19.8 Å². The molecule has 0 aromatic rings. The molecule has 5 heteroatoms. The summed E-state index contributed by atoms with van der Waals surface area (Å²) in [6.07, 6.45) is 19.4. The van der Waals surface area contributed by atoms with Gasteiger partial charge in [0, 0.05) is 6.54 Å². The van der Waals surface area contributed by atoms with Crippen molar-refractivity contribution in [2.45, 2.75) is 71.1 Å². The molecule has 144 valence electrons. The average Bonchev–Trinajstić information content (AvgIpc) is 2.62. The molecule has 1 aliphatic rings. The highest BCUT2D eigenvalue weighted by Crippen LogP contribution is 2.13. The number of nitrogens with zero attached hydrogens (tertiary/aromatic N) is 1. The first kappa shape index (κ1) is 22.3. The average molecular weight is 377 g/mol. The summed E-state index contributed by atoms with van der Waals surface area (Å²) in [7, 11) is 0. The fourth-order valence-corrected chi connectivity index (χ4v) is 3.05. The Balaban J connectivity index is 2.23. The van der Waals surface area contributed by atoms with E-state index in [-0.39, 0.29) is 16.6 Å². The van der Waals surface area contributed by atoms with E-state index in [0.29, 0.717) is 6.54 Å². The van der Waals surface area contributed by atoms with Gasteiger partial charge in [0.1, 0.15) is 5.57 Å². The van der Waals surface area contributed by atoms with Crippen LogP contribution in [-0.2, 0) is 9.59 Å². The number of nitrogens with one attached hydrogen (secondary N) is 1. The molecule has 1 heterocycles. The van der Waals surface area contributed by atoms with E-state index in [2.05, 4.69) is 31.0 Å². The molecule has 1 fully saturated rings. The summed E-state index contributed by atoms with van der Waals surface area (Å²) in [5, 5.41) is 2.71. The van der Waals surface area contributed by atoms with Crippen LogP contribution >= 0.6 is 12.2 Å². The Morgan fingerprint density at radius 3 is 2.23 bits per heavy atom. The maximum absolute atomic E-state index is 12.3. The van der Waals surface area contributed by atoms with Gasteiger partial charge in [0.25, 0.3) is 11.8 Å².